The number of nitrogens with zero attached hydrogens (tertiary/aromatic N) is 3. The zero-order chi connectivity index (χ0) is 19.0. The maximum absolute atomic E-state index is 13.1. The van der Waals surface area contributed by atoms with Crippen LogP contribution < -0.4 is 0 Å². The number of aryl methyl sites for hydroxylation is 1. The Balaban J connectivity index is 1.58. The Hall–Kier alpha value is -2.70. The third-order valence-corrected chi connectivity index (χ3v) is 5.86. The fourth-order valence-electron chi connectivity index (χ4n) is 4.47. The Morgan fingerprint density at radius 2 is 1.96 bits per heavy atom. The van der Waals surface area contributed by atoms with Gasteiger partial charge in [-0.25, -0.2) is 9.78 Å². The van der Waals surface area contributed by atoms with E-state index in [0.29, 0.717) is 23.7 Å². The molecule has 2 aromatic rings. The lowest BCUT2D eigenvalue weighted by Gasteiger charge is -2.33. The Morgan fingerprint density at radius 1 is 1.22 bits per heavy atom. The third kappa shape index (κ3) is 3.22. The van der Waals surface area contributed by atoms with Gasteiger partial charge < -0.3 is 10.0 Å². The number of rotatable bonds is 4. The lowest BCUT2D eigenvalue weighted by atomic mass is 9.84. The zero-order valence-corrected chi connectivity index (χ0v) is 15.4. The Kier molecular flexibility index (Phi) is 4.68. The van der Waals surface area contributed by atoms with Crippen molar-refractivity contribution in [1.29, 1.82) is 0 Å². The maximum atomic E-state index is 13.1. The first-order chi connectivity index (χ1) is 13.1. The average Bonchev–Trinajstić information content (AvgIpc) is 3.32. The van der Waals surface area contributed by atoms with Gasteiger partial charge in [0.2, 0.25) is 0 Å². The number of aromatic nitrogens is 3. The fourth-order valence-corrected chi connectivity index (χ4v) is 4.47. The third-order valence-electron chi connectivity index (χ3n) is 5.86. The SMILES string of the molecule is CCc1nc(-c2ccc(C(=O)N3C(C(=O)O)CC4CCCCC43)cc2)n[nH]1. The van der Waals surface area contributed by atoms with E-state index in [0.717, 1.165) is 43.5 Å². The van der Waals surface area contributed by atoms with Crippen molar-refractivity contribution in [2.24, 2.45) is 5.92 Å². The molecule has 0 bridgehead atoms. The van der Waals surface area contributed by atoms with Crippen molar-refractivity contribution in [1.82, 2.24) is 20.1 Å². The molecule has 1 saturated carbocycles. The van der Waals surface area contributed by atoms with Crippen molar-refractivity contribution in [2.45, 2.75) is 57.5 Å². The predicted octanol–water partition coefficient (Wildman–Crippen LogP) is 2.89. The molecule has 0 spiro atoms. The van der Waals surface area contributed by atoms with Gasteiger partial charge in [0, 0.05) is 23.6 Å². The van der Waals surface area contributed by atoms with Crippen molar-refractivity contribution in [3.8, 4) is 11.4 Å². The highest BCUT2D eigenvalue weighted by molar-refractivity contribution is 5.97. The average molecular weight is 368 g/mol. The number of aromatic amines is 1. The molecule has 142 valence electrons. The predicted molar refractivity (Wildman–Crippen MR) is 99.2 cm³/mol. The first-order valence-corrected chi connectivity index (χ1v) is 9.65. The van der Waals surface area contributed by atoms with Crippen LogP contribution in [0.3, 0.4) is 0 Å². The number of aliphatic carboxylic acids is 1. The summed E-state index contributed by atoms with van der Waals surface area (Å²) in [5, 5.41) is 16.7. The van der Waals surface area contributed by atoms with E-state index in [2.05, 4.69) is 15.2 Å². The Labute approximate surface area is 157 Å². The summed E-state index contributed by atoms with van der Waals surface area (Å²) in [6.45, 7) is 2.00. The van der Waals surface area contributed by atoms with E-state index < -0.39 is 12.0 Å². The normalized spacial score (nSPS) is 24.6. The van der Waals surface area contributed by atoms with Crippen LogP contribution in [-0.2, 0) is 11.2 Å². The molecule has 27 heavy (non-hydrogen) atoms. The van der Waals surface area contributed by atoms with Crippen molar-refractivity contribution in [3.63, 3.8) is 0 Å². The summed E-state index contributed by atoms with van der Waals surface area (Å²) in [6, 6.07) is 6.46. The molecule has 2 fully saturated rings. The number of hydrogen-bond donors (Lipinski definition) is 2. The second-order valence-corrected chi connectivity index (χ2v) is 7.45. The van der Waals surface area contributed by atoms with E-state index in [-0.39, 0.29) is 11.9 Å². The molecule has 1 amide bonds. The molecule has 7 heteroatoms. The number of fused-ring (bicyclic) bond motifs is 1. The number of benzene rings is 1. The number of likely N-dealkylation sites (tertiary alicyclic amines) is 1. The van der Waals surface area contributed by atoms with E-state index in [4.69, 9.17) is 0 Å². The summed E-state index contributed by atoms with van der Waals surface area (Å²) in [5.41, 5.74) is 1.34. The summed E-state index contributed by atoms with van der Waals surface area (Å²) < 4.78 is 0. The van der Waals surface area contributed by atoms with Crippen LogP contribution in [-0.4, -0.2) is 49.1 Å². The van der Waals surface area contributed by atoms with Crippen molar-refractivity contribution in [2.75, 3.05) is 0 Å². The lowest BCUT2D eigenvalue weighted by molar-refractivity contribution is -0.141. The first kappa shape index (κ1) is 17.7. The van der Waals surface area contributed by atoms with Gasteiger partial charge >= 0.3 is 5.97 Å². The van der Waals surface area contributed by atoms with Crippen molar-refractivity contribution >= 4 is 11.9 Å². The van der Waals surface area contributed by atoms with Crippen LogP contribution in [0.4, 0.5) is 0 Å². The maximum Gasteiger partial charge on any atom is 0.326 e. The van der Waals surface area contributed by atoms with Gasteiger partial charge in [-0.3, -0.25) is 9.89 Å². The lowest BCUT2D eigenvalue weighted by Crippen LogP contribution is -2.46. The highest BCUT2D eigenvalue weighted by Gasteiger charge is 2.47. The van der Waals surface area contributed by atoms with Gasteiger partial charge in [0.05, 0.1) is 0 Å². The molecule has 7 nitrogen and oxygen atoms in total. The van der Waals surface area contributed by atoms with Gasteiger partial charge in [-0.05, 0) is 37.3 Å². The molecule has 1 aliphatic carbocycles. The standard InChI is InChI=1S/C20H24N4O3/c1-2-17-21-18(23-22-17)12-7-9-13(10-8-12)19(25)24-15-6-4-3-5-14(15)11-16(24)20(26)27/h7-10,14-16H,2-6,11H2,1H3,(H,26,27)(H,21,22,23). The molecule has 2 heterocycles. The van der Waals surface area contributed by atoms with E-state index >= 15 is 0 Å². The van der Waals surface area contributed by atoms with Gasteiger partial charge in [-0.2, -0.15) is 5.10 Å². The molecule has 1 aromatic heterocycles. The molecule has 1 aromatic carbocycles. The minimum absolute atomic E-state index is 0.0483. The van der Waals surface area contributed by atoms with Gasteiger partial charge in [-0.15, -0.1) is 0 Å². The van der Waals surface area contributed by atoms with Crippen LogP contribution in [0.2, 0.25) is 0 Å². The van der Waals surface area contributed by atoms with Crippen LogP contribution in [0, 0.1) is 5.92 Å². The minimum Gasteiger partial charge on any atom is -0.480 e. The number of nitrogens with one attached hydrogen (secondary N) is 1. The van der Waals surface area contributed by atoms with Gasteiger partial charge in [0.15, 0.2) is 5.82 Å². The molecule has 0 radical (unpaired) electrons. The number of carbonyl (C=O) groups is 2. The van der Waals surface area contributed by atoms with Gasteiger partial charge in [-0.1, -0.05) is 31.9 Å². The number of H-pyrrole nitrogens is 1. The van der Waals surface area contributed by atoms with Gasteiger partial charge in [0.1, 0.15) is 11.9 Å². The molecule has 3 atom stereocenters. The Bertz CT molecular complexity index is 845. The zero-order valence-electron chi connectivity index (χ0n) is 15.4. The summed E-state index contributed by atoms with van der Waals surface area (Å²) in [4.78, 5) is 30.9. The van der Waals surface area contributed by atoms with Gasteiger partial charge in [0.25, 0.3) is 5.91 Å². The van der Waals surface area contributed by atoms with Crippen LogP contribution in [0.5, 0.6) is 0 Å². The molecular formula is C20H24N4O3. The summed E-state index contributed by atoms with van der Waals surface area (Å²) in [7, 11) is 0. The van der Waals surface area contributed by atoms with E-state index in [1.807, 2.05) is 19.1 Å². The van der Waals surface area contributed by atoms with E-state index in [1.54, 1.807) is 17.0 Å². The molecule has 2 N–H and O–H groups in total. The molecular weight excluding hydrogens is 344 g/mol. The van der Waals surface area contributed by atoms with E-state index in [9.17, 15) is 14.7 Å². The fraction of sp³-hybridized carbons (Fsp3) is 0.500. The van der Waals surface area contributed by atoms with Crippen LogP contribution in [0.1, 0.15) is 55.2 Å². The summed E-state index contributed by atoms with van der Waals surface area (Å²) in [6.07, 6.45) is 5.44. The second kappa shape index (κ2) is 7.13. The molecule has 4 rings (SSSR count). The molecule has 1 saturated heterocycles. The van der Waals surface area contributed by atoms with Crippen molar-refractivity contribution in [3.05, 3.63) is 35.7 Å². The molecule has 2 aliphatic rings. The monoisotopic (exact) mass is 368 g/mol. The highest BCUT2D eigenvalue weighted by atomic mass is 16.4. The van der Waals surface area contributed by atoms with E-state index in [1.165, 1.54) is 0 Å². The largest absolute Gasteiger partial charge is 0.480 e. The quantitative estimate of drug-likeness (QED) is 0.864. The van der Waals surface area contributed by atoms with Crippen molar-refractivity contribution < 1.29 is 14.7 Å². The van der Waals surface area contributed by atoms with Crippen LogP contribution in [0.25, 0.3) is 11.4 Å². The smallest absolute Gasteiger partial charge is 0.326 e. The summed E-state index contributed by atoms with van der Waals surface area (Å²) >= 11 is 0. The summed E-state index contributed by atoms with van der Waals surface area (Å²) in [5.74, 6) is 0.635. The second-order valence-electron chi connectivity index (χ2n) is 7.45. The molecule has 1 aliphatic heterocycles. The topological polar surface area (TPSA) is 99.2 Å². The highest BCUT2D eigenvalue weighted by Crippen LogP contribution is 2.40. The van der Waals surface area contributed by atoms with Crippen LogP contribution in [0.15, 0.2) is 24.3 Å². The number of hydrogen-bond acceptors (Lipinski definition) is 4. The first-order valence-electron chi connectivity index (χ1n) is 9.65. The number of carboxylic acid groups (broad SMARTS) is 1. The number of carboxylic acids is 1. The molecule has 3 unspecified atom stereocenters. The number of carbonyl (C=O) groups excluding carboxylic acids is 1. The Morgan fingerprint density at radius 3 is 2.63 bits per heavy atom. The minimum atomic E-state index is -0.901. The number of amides is 1. The van der Waals surface area contributed by atoms with Crippen LogP contribution >= 0.6 is 0 Å².